The van der Waals surface area contributed by atoms with Crippen molar-refractivity contribution < 1.29 is 28.6 Å². The molecule has 0 spiro atoms. The minimum Gasteiger partial charge on any atom is -0.492 e. The van der Waals surface area contributed by atoms with Crippen LogP contribution in [0.15, 0.2) is 83.3 Å². The highest BCUT2D eigenvalue weighted by molar-refractivity contribution is 9.10. The number of amides is 2. The van der Waals surface area contributed by atoms with Crippen molar-refractivity contribution in [2.24, 2.45) is 0 Å². The Morgan fingerprint density at radius 2 is 1.71 bits per heavy atom. The van der Waals surface area contributed by atoms with Gasteiger partial charge in [0.2, 0.25) is 5.91 Å². The fraction of sp³-hybridized carbons (Fsp3) is 0.267. The van der Waals surface area contributed by atoms with Crippen molar-refractivity contribution in [3.8, 4) is 11.5 Å². The molecule has 214 valence electrons. The first-order chi connectivity index (χ1) is 19.9. The first-order valence-corrected chi connectivity index (χ1v) is 14.3. The molecule has 3 aromatic carbocycles. The summed E-state index contributed by atoms with van der Waals surface area (Å²) in [5.74, 6) is -0.114. The van der Waals surface area contributed by atoms with E-state index in [0.29, 0.717) is 41.2 Å². The van der Waals surface area contributed by atoms with Crippen molar-refractivity contribution >= 4 is 51.0 Å². The number of carbonyl (C=O) groups is 3. The Balaban J connectivity index is 1.27. The number of carbonyl (C=O) groups excluding carboxylic acids is 3. The van der Waals surface area contributed by atoms with Crippen LogP contribution in [0.2, 0.25) is 0 Å². The topological polar surface area (TPSA) is 106 Å². The number of nitrogens with one attached hydrogen (secondary N) is 2. The van der Waals surface area contributed by atoms with Gasteiger partial charge in [-0.2, -0.15) is 0 Å². The summed E-state index contributed by atoms with van der Waals surface area (Å²) in [6, 6.07) is 23.3. The Morgan fingerprint density at radius 1 is 0.976 bits per heavy atom. The molecule has 0 aliphatic carbocycles. The molecule has 0 aromatic heterocycles. The van der Waals surface area contributed by atoms with Crippen LogP contribution in [-0.4, -0.2) is 66.7 Å². The van der Waals surface area contributed by atoms with Gasteiger partial charge in [-0.05, 0) is 64.0 Å². The van der Waals surface area contributed by atoms with Gasteiger partial charge in [0.25, 0.3) is 5.91 Å². The first-order valence-electron chi connectivity index (χ1n) is 13.1. The minimum atomic E-state index is -0.911. The zero-order chi connectivity index (χ0) is 29.0. The predicted octanol–water partition coefficient (Wildman–Crippen LogP) is 3.90. The number of benzene rings is 3. The monoisotopic (exact) mass is 639 g/mol. The highest BCUT2D eigenvalue weighted by Crippen LogP contribution is 2.26. The number of nitrogens with zero attached hydrogens (tertiary/aromatic N) is 1. The molecule has 1 heterocycles. The standard InChI is InChI=1S/C30H30BrN3O6S/c31-24-19-22(11-12-26(24)39-16-13-21-7-3-1-4-8-21)28(36)33-30(41)34-15-14-32-29(37)25(34)20-27(35)40-18-17-38-23-9-5-2-6-10-23/h1-12,19,25H,13-18,20H2,(H,32,37)(H,33,36,41). The molecule has 4 rings (SSSR count). The van der Waals surface area contributed by atoms with Crippen LogP contribution in [0, 0.1) is 0 Å². The Labute approximate surface area is 252 Å². The van der Waals surface area contributed by atoms with Crippen LogP contribution in [0.5, 0.6) is 11.5 Å². The van der Waals surface area contributed by atoms with Gasteiger partial charge in [0.05, 0.1) is 17.5 Å². The van der Waals surface area contributed by atoms with Gasteiger partial charge in [0.1, 0.15) is 30.8 Å². The van der Waals surface area contributed by atoms with E-state index >= 15 is 0 Å². The number of halogens is 1. The molecule has 9 nitrogen and oxygen atoms in total. The Kier molecular flexibility index (Phi) is 11.1. The molecule has 1 saturated heterocycles. The highest BCUT2D eigenvalue weighted by atomic mass is 79.9. The smallest absolute Gasteiger partial charge is 0.308 e. The molecule has 1 unspecified atom stereocenters. The van der Waals surface area contributed by atoms with Crippen LogP contribution < -0.4 is 20.1 Å². The van der Waals surface area contributed by atoms with Gasteiger partial charge in [-0.25, -0.2) is 0 Å². The van der Waals surface area contributed by atoms with Gasteiger partial charge in [0, 0.05) is 25.1 Å². The van der Waals surface area contributed by atoms with Crippen LogP contribution in [0.4, 0.5) is 0 Å². The molecule has 1 aliphatic rings. The molecule has 0 saturated carbocycles. The average molecular weight is 641 g/mol. The summed E-state index contributed by atoms with van der Waals surface area (Å²) in [4.78, 5) is 39.6. The van der Waals surface area contributed by atoms with Crippen LogP contribution in [0.1, 0.15) is 22.3 Å². The molecule has 1 fully saturated rings. The molecular weight excluding hydrogens is 610 g/mol. The number of hydrogen-bond acceptors (Lipinski definition) is 7. The number of para-hydroxylation sites is 1. The normalized spacial score (nSPS) is 14.5. The largest absolute Gasteiger partial charge is 0.492 e. The summed E-state index contributed by atoms with van der Waals surface area (Å²) in [6.07, 6.45) is 0.525. The summed E-state index contributed by atoms with van der Waals surface area (Å²) in [6.45, 7) is 1.35. The molecule has 1 atom stereocenters. The van der Waals surface area contributed by atoms with E-state index < -0.39 is 17.9 Å². The maximum atomic E-state index is 13.0. The minimum absolute atomic E-state index is 0.0318. The number of hydrogen-bond donors (Lipinski definition) is 2. The number of rotatable bonds is 11. The maximum Gasteiger partial charge on any atom is 0.308 e. The lowest BCUT2D eigenvalue weighted by Gasteiger charge is -2.36. The molecule has 0 radical (unpaired) electrons. The third-order valence-corrected chi connectivity index (χ3v) is 7.17. The van der Waals surface area contributed by atoms with Crippen LogP contribution in [0.25, 0.3) is 0 Å². The summed E-state index contributed by atoms with van der Waals surface area (Å²) >= 11 is 8.93. The fourth-order valence-corrected chi connectivity index (χ4v) is 4.94. The van der Waals surface area contributed by atoms with Gasteiger partial charge in [-0.15, -0.1) is 0 Å². The number of piperazine rings is 1. The van der Waals surface area contributed by atoms with Crippen molar-refractivity contribution in [2.75, 3.05) is 32.9 Å². The van der Waals surface area contributed by atoms with Gasteiger partial charge >= 0.3 is 5.97 Å². The molecule has 2 N–H and O–H groups in total. The van der Waals surface area contributed by atoms with E-state index in [4.69, 9.17) is 26.4 Å². The Morgan fingerprint density at radius 3 is 2.44 bits per heavy atom. The van der Waals surface area contributed by atoms with Gasteiger partial charge in [-0.3, -0.25) is 19.7 Å². The zero-order valence-electron chi connectivity index (χ0n) is 22.2. The van der Waals surface area contributed by atoms with Crippen molar-refractivity contribution in [1.29, 1.82) is 0 Å². The van der Waals surface area contributed by atoms with E-state index in [1.807, 2.05) is 48.5 Å². The lowest BCUT2D eigenvalue weighted by molar-refractivity contribution is -0.148. The zero-order valence-corrected chi connectivity index (χ0v) is 24.6. The molecule has 0 bridgehead atoms. The lowest BCUT2D eigenvalue weighted by atomic mass is 10.1. The van der Waals surface area contributed by atoms with Gasteiger partial charge < -0.3 is 24.4 Å². The molecule has 2 amide bonds. The van der Waals surface area contributed by atoms with Crippen molar-refractivity contribution in [2.45, 2.75) is 18.9 Å². The first kappa shape index (κ1) is 30.0. The molecule has 1 aliphatic heterocycles. The summed E-state index contributed by atoms with van der Waals surface area (Å²) in [7, 11) is 0. The summed E-state index contributed by atoms with van der Waals surface area (Å²) in [5.41, 5.74) is 1.52. The maximum absolute atomic E-state index is 13.0. The van der Waals surface area contributed by atoms with E-state index in [-0.39, 0.29) is 30.7 Å². The van der Waals surface area contributed by atoms with Crippen molar-refractivity contribution in [3.63, 3.8) is 0 Å². The van der Waals surface area contributed by atoms with E-state index in [0.717, 1.165) is 6.42 Å². The highest BCUT2D eigenvalue weighted by Gasteiger charge is 2.34. The van der Waals surface area contributed by atoms with E-state index in [2.05, 4.69) is 26.6 Å². The van der Waals surface area contributed by atoms with Crippen LogP contribution in [0.3, 0.4) is 0 Å². The second kappa shape index (κ2) is 15.2. The third-order valence-electron chi connectivity index (χ3n) is 6.22. The van der Waals surface area contributed by atoms with Crippen molar-refractivity contribution in [1.82, 2.24) is 15.5 Å². The van der Waals surface area contributed by atoms with Crippen molar-refractivity contribution in [3.05, 3.63) is 94.5 Å². The molecular formula is C30H30BrN3O6S. The average Bonchev–Trinajstić information content (AvgIpc) is 2.98. The quantitative estimate of drug-likeness (QED) is 0.185. The van der Waals surface area contributed by atoms with Crippen LogP contribution in [-0.2, 0) is 20.7 Å². The number of thiocarbonyl (C=S) groups is 1. The van der Waals surface area contributed by atoms with E-state index in [1.54, 1.807) is 30.3 Å². The summed E-state index contributed by atoms with van der Waals surface area (Å²) < 4.78 is 17.3. The van der Waals surface area contributed by atoms with E-state index in [9.17, 15) is 14.4 Å². The van der Waals surface area contributed by atoms with Crippen LogP contribution >= 0.6 is 28.1 Å². The van der Waals surface area contributed by atoms with E-state index in [1.165, 1.54) is 10.5 Å². The molecule has 41 heavy (non-hydrogen) atoms. The molecule has 3 aromatic rings. The Hall–Kier alpha value is -3.96. The lowest BCUT2D eigenvalue weighted by Crippen LogP contribution is -2.60. The summed E-state index contributed by atoms with van der Waals surface area (Å²) in [5, 5.41) is 5.46. The van der Waals surface area contributed by atoms with Gasteiger partial charge in [-0.1, -0.05) is 48.5 Å². The SMILES string of the molecule is O=C(CC1C(=O)NCCN1C(=S)NC(=O)c1ccc(OCCc2ccccc2)c(Br)c1)OCCOc1ccccc1. The van der Waals surface area contributed by atoms with Gasteiger partial charge in [0.15, 0.2) is 5.11 Å². The second-order valence-corrected chi connectivity index (χ2v) is 10.3. The molecule has 11 heteroatoms. The predicted molar refractivity (Wildman–Crippen MR) is 161 cm³/mol. The Bertz CT molecular complexity index is 1360. The number of esters is 1. The second-order valence-electron chi connectivity index (χ2n) is 9.07. The number of ether oxygens (including phenoxy) is 3. The fourth-order valence-electron chi connectivity index (χ4n) is 4.13. The third kappa shape index (κ3) is 9.02.